The van der Waals surface area contributed by atoms with E-state index in [0.29, 0.717) is 12.1 Å². The molecule has 0 aromatic carbocycles. The van der Waals surface area contributed by atoms with Crippen molar-refractivity contribution in [1.82, 2.24) is 15.2 Å². The number of nitrogens with one attached hydrogen (secondary N) is 1. The van der Waals surface area contributed by atoms with Gasteiger partial charge in [-0.3, -0.25) is 4.90 Å². The topological polar surface area (TPSA) is 28.2 Å². The molecule has 3 nitrogen and oxygen atoms in total. The molecular formula is C17H29N3S. The molecule has 0 amide bonds. The van der Waals surface area contributed by atoms with Crippen LogP contribution in [-0.4, -0.2) is 35.1 Å². The van der Waals surface area contributed by atoms with E-state index >= 15 is 0 Å². The third-order valence-electron chi connectivity index (χ3n) is 5.26. The summed E-state index contributed by atoms with van der Waals surface area (Å²) in [5.74, 6) is 0.890. The summed E-state index contributed by atoms with van der Waals surface area (Å²) in [4.78, 5) is 8.86. The minimum absolute atomic E-state index is 0.604. The Bertz CT molecular complexity index is 445. The standard InChI is InChI=1S/C17H29N3S/c1-12-10-20(11-17-19-13(2)14(3)21-17)16(9-18-12)15-7-5-4-6-8-15/h12,15-16,18H,4-11H2,1-3H3. The number of hydrogen-bond acceptors (Lipinski definition) is 4. The maximum atomic E-state index is 4.77. The van der Waals surface area contributed by atoms with Crippen LogP contribution in [0.1, 0.15) is 54.6 Å². The highest BCUT2D eigenvalue weighted by atomic mass is 32.1. The molecule has 0 radical (unpaired) electrons. The highest BCUT2D eigenvalue weighted by Gasteiger charge is 2.33. The van der Waals surface area contributed by atoms with Crippen LogP contribution >= 0.6 is 11.3 Å². The Balaban J connectivity index is 1.71. The van der Waals surface area contributed by atoms with Gasteiger partial charge in [-0.15, -0.1) is 11.3 Å². The fourth-order valence-electron chi connectivity index (χ4n) is 3.95. The second-order valence-electron chi connectivity index (χ2n) is 6.95. The van der Waals surface area contributed by atoms with E-state index < -0.39 is 0 Å². The van der Waals surface area contributed by atoms with Gasteiger partial charge in [-0.1, -0.05) is 19.3 Å². The van der Waals surface area contributed by atoms with E-state index in [9.17, 15) is 0 Å². The average molecular weight is 308 g/mol. The molecule has 1 N–H and O–H groups in total. The lowest BCUT2D eigenvalue weighted by atomic mass is 9.82. The molecule has 2 heterocycles. The van der Waals surface area contributed by atoms with Crippen LogP contribution in [0, 0.1) is 19.8 Å². The van der Waals surface area contributed by atoms with Crippen LogP contribution in [0.15, 0.2) is 0 Å². The van der Waals surface area contributed by atoms with Crippen molar-refractivity contribution in [1.29, 1.82) is 0 Å². The maximum absolute atomic E-state index is 4.77. The Morgan fingerprint density at radius 2 is 2.00 bits per heavy atom. The molecule has 2 atom stereocenters. The predicted molar refractivity (Wildman–Crippen MR) is 89.8 cm³/mol. The molecule has 0 spiro atoms. The monoisotopic (exact) mass is 307 g/mol. The highest BCUT2D eigenvalue weighted by Crippen LogP contribution is 2.31. The lowest BCUT2D eigenvalue weighted by Crippen LogP contribution is -2.57. The van der Waals surface area contributed by atoms with Crippen molar-refractivity contribution >= 4 is 11.3 Å². The Morgan fingerprint density at radius 3 is 2.67 bits per heavy atom. The zero-order valence-electron chi connectivity index (χ0n) is 13.7. The summed E-state index contributed by atoms with van der Waals surface area (Å²) in [5, 5.41) is 5.01. The van der Waals surface area contributed by atoms with Gasteiger partial charge in [-0.05, 0) is 39.5 Å². The Morgan fingerprint density at radius 1 is 1.24 bits per heavy atom. The van der Waals surface area contributed by atoms with Crippen molar-refractivity contribution < 1.29 is 0 Å². The first-order chi connectivity index (χ1) is 10.1. The van der Waals surface area contributed by atoms with Gasteiger partial charge in [0.15, 0.2) is 0 Å². The smallest absolute Gasteiger partial charge is 0.107 e. The molecule has 1 aliphatic carbocycles. The quantitative estimate of drug-likeness (QED) is 0.926. The van der Waals surface area contributed by atoms with E-state index in [4.69, 9.17) is 4.98 Å². The number of hydrogen-bond donors (Lipinski definition) is 1. The summed E-state index contributed by atoms with van der Waals surface area (Å²) in [6, 6.07) is 1.32. The van der Waals surface area contributed by atoms with Crippen LogP contribution in [0.5, 0.6) is 0 Å². The number of piperazine rings is 1. The van der Waals surface area contributed by atoms with Crippen LogP contribution in [0.4, 0.5) is 0 Å². The van der Waals surface area contributed by atoms with E-state index in [-0.39, 0.29) is 0 Å². The van der Waals surface area contributed by atoms with Gasteiger partial charge in [0.2, 0.25) is 0 Å². The van der Waals surface area contributed by atoms with E-state index in [1.165, 1.54) is 54.2 Å². The van der Waals surface area contributed by atoms with Crippen molar-refractivity contribution in [2.75, 3.05) is 13.1 Å². The molecule has 1 saturated heterocycles. The third-order valence-corrected chi connectivity index (χ3v) is 6.32. The first-order valence-corrected chi connectivity index (χ1v) is 9.35. The third kappa shape index (κ3) is 3.66. The normalized spacial score (nSPS) is 28.9. The first kappa shape index (κ1) is 15.4. The lowest BCUT2D eigenvalue weighted by Gasteiger charge is -2.44. The van der Waals surface area contributed by atoms with Gasteiger partial charge in [0.25, 0.3) is 0 Å². The summed E-state index contributed by atoms with van der Waals surface area (Å²) >= 11 is 1.88. The van der Waals surface area contributed by atoms with E-state index in [0.717, 1.165) is 19.0 Å². The van der Waals surface area contributed by atoms with Crippen molar-refractivity contribution in [3.05, 3.63) is 15.6 Å². The maximum Gasteiger partial charge on any atom is 0.107 e. The molecule has 1 aromatic rings. The molecule has 3 rings (SSSR count). The Labute approximate surface area is 133 Å². The summed E-state index contributed by atoms with van der Waals surface area (Å²) < 4.78 is 0. The SMILES string of the molecule is Cc1nc(CN2CC(C)NCC2C2CCCCC2)sc1C. The highest BCUT2D eigenvalue weighted by molar-refractivity contribution is 7.11. The second-order valence-corrected chi connectivity index (χ2v) is 8.24. The van der Waals surface area contributed by atoms with E-state index in [1.54, 1.807) is 0 Å². The van der Waals surface area contributed by atoms with Gasteiger partial charge >= 0.3 is 0 Å². The fraction of sp³-hybridized carbons (Fsp3) is 0.824. The largest absolute Gasteiger partial charge is 0.311 e. The number of aryl methyl sites for hydroxylation is 2. The van der Waals surface area contributed by atoms with Crippen molar-refractivity contribution in [2.24, 2.45) is 5.92 Å². The van der Waals surface area contributed by atoms with Crippen LogP contribution < -0.4 is 5.32 Å². The van der Waals surface area contributed by atoms with Crippen molar-refractivity contribution in [3.63, 3.8) is 0 Å². The molecule has 21 heavy (non-hydrogen) atoms. The number of thiazole rings is 1. The van der Waals surface area contributed by atoms with Crippen LogP contribution in [0.3, 0.4) is 0 Å². The summed E-state index contributed by atoms with van der Waals surface area (Å²) in [5.41, 5.74) is 1.22. The number of aromatic nitrogens is 1. The van der Waals surface area contributed by atoms with Crippen molar-refractivity contribution in [3.8, 4) is 0 Å². The summed E-state index contributed by atoms with van der Waals surface area (Å²) in [6.07, 6.45) is 7.15. The van der Waals surface area contributed by atoms with Crippen LogP contribution in [0.25, 0.3) is 0 Å². The molecule has 4 heteroatoms. The van der Waals surface area contributed by atoms with Gasteiger partial charge in [-0.2, -0.15) is 0 Å². The van der Waals surface area contributed by atoms with Gasteiger partial charge in [-0.25, -0.2) is 4.98 Å². The molecule has 2 aliphatic rings. The molecular weight excluding hydrogens is 278 g/mol. The molecule has 2 unspecified atom stereocenters. The Kier molecular flexibility index (Phi) is 4.97. The fourth-order valence-corrected chi connectivity index (χ4v) is 4.91. The van der Waals surface area contributed by atoms with Gasteiger partial charge in [0.05, 0.1) is 12.2 Å². The number of nitrogens with zero attached hydrogens (tertiary/aromatic N) is 2. The zero-order chi connectivity index (χ0) is 14.8. The average Bonchev–Trinajstić information content (AvgIpc) is 2.78. The predicted octanol–water partition coefficient (Wildman–Crippen LogP) is 3.50. The van der Waals surface area contributed by atoms with Crippen LogP contribution in [-0.2, 0) is 6.54 Å². The Hall–Kier alpha value is -0.450. The molecule has 118 valence electrons. The van der Waals surface area contributed by atoms with Gasteiger partial charge in [0.1, 0.15) is 5.01 Å². The van der Waals surface area contributed by atoms with Gasteiger partial charge < -0.3 is 5.32 Å². The minimum Gasteiger partial charge on any atom is -0.311 e. The van der Waals surface area contributed by atoms with Crippen LogP contribution in [0.2, 0.25) is 0 Å². The second kappa shape index (κ2) is 6.76. The summed E-state index contributed by atoms with van der Waals surface area (Å²) in [6.45, 7) is 10.0. The van der Waals surface area contributed by atoms with E-state index in [1.807, 2.05) is 11.3 Å². The zero-order valence-corrected chi connectivity index (χ0v) is 14.5. The molecule has 0 bridgehead atoms. The van der Waals surface area contributed by atoms with Crippen molar-refractivity contribution in [2.45, 2.75) is 71.5 Å². The minimum atomic E-state index is 0.604. The van der Waals surface area contributed by atoms with Gasteiger partial charge in [0, 0.05) is 30.1 Å². The lowest BCUT2D eigenvalue weighted by molar-refractivity contribution is 0.0688. The number of rotatable bonds is 3. The van der Waals surface area contributed by atoms with E-state index in [2.05, 4.69) is 31.0 Å². The molecule has 2 fully saturated rings. The molecule has 1 saturated carbocycles. The molecule has 1 aliphatic heterocycles. The summed E-state index contributed by atoms with van der Waals surface area (Å²) in [7, 11) is 0. The molecule has 1 aromatic heterocycles. The first-order valence-electron chi connectivity index (χ1n) is 8.54.